The largest absolute Gasteiger partial charge is 0.377 e. The summed E-state index contributed by atoms with van der Waals surface area (Å²) in [6.45, 7) is 3.19. The summed E-state index contributed by atoms with van der Waals surface area (Å²) in [4.78, 5) is 0. The third-order valence-corrected chi connectivity index (χ3v) is 5.98. The van der Waals surface area contributed by atoms with Crippen molar-refractivity contribution in [3.63, 3.8) is 0 Å². The van der Waals surface area contributed by atoms with Crippen LogP contribution < -0.4 is 5.32 Å². The van der Waals surface area contributed by atoms with Crippen molar-refractivity contribution in [3.8, 4) is 0 Å². The normalized spacial score (nSPS) is 32.8. The molecular weight excluding hydrogens is 230 g/mol. The van der Waals surface area contributed by atoms with Crippen molar-refractivity contribution in [1.29, 1.82) is 0 Å². The van der Waals surface area contributed by atoms with E-state index < -0.39 is 0 Å². The van der Waals surface area contributed by atoms with Crippen molar-refractivity contribution in [2.75, 3.05) is 19.4 Å². The summed E-state index contributed by atoms with van der Waals surface area (Å²) in [5.74, 6) is 2.18. The van der Waals surface area contributed by atoms with E-state index in [2.05, 4.69) is 31.1 Å². The van der Waals surface area contributed by atoms with Gasteiger partial charge in [0.25, 0.3) is 0 Å². The van der Waals surface area contributed by atoms with Crippen LogP contribution in [0.4, 0.5) is 0 Å². The van der Waals surface area contributed by atoms with Gasteiger partial charge in [-0.05, 0) is 39.2 Å². The molecule has 1 aliphatic heterocycles. The number of ether oxygens (including phenoxy) is 1. The van der Waals surface area contributed by atoms with E-state index in [9.17, 15) is 0 Å². The highest BCUT2D eigenvalue weighted by molar-refractivity contribution is 8.00. The highest BCUT2D eigenvalue weighted by Gasteiger charge is 2.28. The molecule has 2 fully saturated rings. The van der Waals surface area contributed by atoms with Crippen LogP contribution in [0.5, 0.6) is 0 Å². The maximum absolute atomic E-state index is 5.64. The Hall–Kier alpha value is 0.270. The Morgan fingerprint density at radius 3 is 2.59 bits per heavy atom. The molecule has 3 unspecified atom stereocenters. The number of thioether (sulfide) groups is 1. The van der Waals surface area contributed by atoms with Gasteiger partial charge in [0, 0.05) is 23.7 Å². The summed E-state index contributed by atoms with van der Waals surface area (Å²) in [6, 6.07) is 0.716. The van der Waals surface area contributed by atoms with E-state index in [-0.39, 0.29) is 0 Å². The molecule has 0 amide bonds. The number of hydrogen-bond donors (Lipinski definition) is 1. The van der Waals surface area contributed by atoms with Crippen LogP contribution >= 0.6 is 11.8 Å². The second-order valence-electron chi connectivity index (χ2n) is 5.53. The molecule has 0 aromatic carbocycles. The first-order chi connectivity index (χ1) is 8.31. The van der Waals surface area contributed by atoms with Gasteiger partial charge in [-0.15, -0.1) is 0 Å². The van der Waals surface area contributed by atoms with E-state index in [1.807, 2.05) is 0 Å². The molecule has 1 heterocycles. The lowest BCUT2D eigenvalue weighted by molar-refractivity contribution is 0.127. The lowest BCUT2D eigenvalue weighted by atomic mass is 9.84. The topological polar surface area (TPSA) is 21.3 Å². The molecule has 0 spiro atoms. The molecule has 1 saturated heterocycles. The summed E-state index contributed by atoms with van der Waals surface area (Å²) in [5, 5.41) is 4.28. The molecule has 0 aromatic rings. The van der Waals surface area contributed by atoms with Crippen LogP contribution in [0.15, 0.2) is 0 Å². The molecule has 1 aliphatic carbocycles. The number of rotatable bonds is 5. The molecule has 3 atom stereocenters. The maximum Gasteiger partial charge on any atom is 0.0666 e. The second kappa shape index (κ2) is 7.01. The van der Waals surface area contributed by atoms with Crippen molar-refractivity contribution < 1.29 is 4.74 Å². The lowest BCUT2D eigenvalue weighted by Gasteiger charge is -2.30. The molecule has 3 heteroatoms. The van der Waals surface area contributed by atoms with Gasteiger partial charge in [-0.1, -0.05) is 19.3 Å². The number of hydrogen-bond acceptors (Lipinski definition) is 3. The SMILES string of the molecule is CNC(CSC1CCOC1C)C1CCCCC1. The fraction of sp³-hybridized carbons (Fsp3) is 1.00. The van der Waals surface area contributed by atoms with E-state index in [4.69, 9.17) is 4.74 Å². The maximum atomic E-state index is 5.64. The third kappa shape index (κ3) is 3.87. The van der Waals surface area contributed by atoms with Crippen molar-refractivity contribution in [1.82, 2.24) is 5.32 Å². The average molecular weight is 257 g/mol. The Morgan fingerprint density at radius 2 is 2.00 bits per heavy atom. The minimum absolute atomic E-state index is 0.462. The minimum atomic E-state index is 0.462. The predicted octanol–water partition coefficient (Wildman–Crippen LogP) is 3.07. The Morgan fingerprint density at radius 1 is 1.24 bits per heavy atom. The molecule has 17 heavy (non-hydrogen) atoms. The monoisotopic (exact) mass is 257 g/mol. The zero-order chi connectivity index (χ0) is 12.1. The fourth-order valence-electron chi connectivity index (χ4n) is 3.15. The molecule has 2 nitrogen and oxygen atoms in total. The molecule has 0 radical (unpaired) electrons. The summed E-state index contributed by atoms with van der Waals surface area (Å²) in [7, 11) is 2.13. The van der Waals surface area contributed by atoms with E-state index in [1.165, 1.54) is 44.3 Å². The third-order valence-electron chi connectivity index (χ3n) is 4.39. The first kappa shape index (κ1) is 13.7. The van der Waals surface area contributed by atoms with Gasteiger partial charge in [-0.3, -0.25) is 0 Å². The summed E-state index contributed by atoms with van der Waals surface area (Å²) >= 11 is 2.13. The first-order valence-corrected chi connectivity index (χ1v) is 8.26. The lowest BCUT2D eigenvalue weighted by Crippen LogP contribution is -2.37. The summed E-state index contributed by atoms with van der Waals surface area (Å²) < 4.78 is 5.64. The van der Waals surface area contributed by atoms with E-state index in [0.717, 1.165) is 17.8 Å². The quantitative estimate of drug-likeness (QED) is 0.818. The van der Waals surface area contributed by atoms with Gasteiger partial charge in [0.05, 0.1) is 6.10 Å². The van der Waals surface area contributed by atoms with Gasteiger partial charge in [0.2, 0.25) is 0 Å². The highest BCUT2D eigenvalue weighted by Crippen LogP contribution is 2.31. The molecule has 0 bridgehead atoms. The molecule has 1 N–H and O–H groups in total. The number of nitrogens with one attached hydrogen (secondary N) is 1. The van der Waals surface area contributed by atoms with Gasteiger partial charge in [-0.2, -0.15) is 11.8 Å². The molecule has 100 valence electrons. The van der Waals surface area contributed by atoms with Crippen molar-refractivity contribution >= 4 is 11.8 Å². The smallest absolute Gasteiger partial charge is 0.0666 e. The zero-order valence-electron chi connectivity index (χ0n) is 11.3. The van der Waals surface area contributed by atoms with Crippen LogP contribution in [0.2, 0.25) is 0 Å². The molecule has 0 aromatic heterocycles. The van der Waals surface area contributed by atoms with E-state index >= 15 is 0 Å². The summed E-state index contributed by atoms with van der Waals surface area (Å²) in [5.41, 5.74) is 0. The van der Waals surface area contributed by atoms with Crippen LogP contribution in [0, 0.1) is 5.92 Å². The Kier molecular flexibility index (Phi) is 5.64. The molecular formula is C14H27NOS. The Bertz CT molecular complexity index is 218. The van der Waals surface area contributed by atoms with Crippen LogP contribution in [0.1, 0.15) is 45.4 Å². The van der Waals surface area contributed by atoms with E-state index in [0.29, 0.717) is 12.1 Å². The van der Waals surface area contributed by atoms with Crippen molar-refractivity contribution in [2.45, 2.75) is 62.8 Å². The van der Waals surface area contributed by atoms with Crippen LogP contribution in [-0.4, -0.2) is 36.8 Å². The second-order valence-corrected chi connectivity index (χ2v) is 6.80. The van der Waals surface area contributed by atoms with Crippen molar-refractivity contribution in [2.24, 2.45) is 5.92 Å². The van der Waals surface area contributed by atoms with Crippen LogP contribution in [-0.2, 0) is 4.74 Å². The van der Waals surface area contributed by atoms with Crippen molar-refractivity contribution in [3.05, 3.63) is 0 Å². The minimum Gasteiger partial charge on any atom is -0.377 e. The van der Waals surface area contributed by atoms with Gasteiger partial charge in [0.1, 0.15) is 0 Å². The highest BCUT2D eigenvalue weighted by atomic mass is 32.2. The Balaban J connectivity index is 1.74. The molecule has 2 rings (SSSR count). The average Bonchev–Trinajstić information content (AvgIpc) is 2.77. The summed E-state index contributed by atoms with van der Waals surface area (Å²) in [6.07, 6.45) is 8.91. The molecule has 1 saturated carbocycles. The van der Waals surface area contributed by atoms with E-state index in [1.54, 1.807) is 0 Å². The van der Waals surface area contributed by atoms with Gasteiger partial charge >= 0.3 is 0 Å². The molecule has 2 aliphatic rings. The zero-order valence-corrected chi connectivity index (χ0v) is 12.1. The van der Waals surface area contributed by atoms with Crippen LogP contribution in [0.3, 0.4) is 0 Å². The Labute approximate surface area is 110 Å². The predicted molar refractivity (Wildman–Crippen MR) is 75.7 cm³/mol. The van der Waals surface area contributed by atoms with Gasteiger partial charge in [-0.25, -0.2) is 0 Å². The standard InChI is InChI=1S/C14H27NOS/c1-11-14(8-9-16-11)17-10-13(15-2)12-6-4-3-5-7-12/h11-15H,3-10H2,1-2H3. The van der Waals surface area contributed by atoms with Gasteiger partial charge in [0.15, 0.2) is 0 Å². The van der Waals surface area contributed by atoms with Crippen LogP contribution in [0.25, 0.3) is 0 Å². The first-order valence-electron chi connectivity index (χ1n) is 7.21. The fourth-order valence-corrected chi connectivity index (χ4v) is 4.66. The van der Waals surface area contributed by atoms with Gasteiger partial charge < -0.3 is 10.1 Å².